The largest absolute Gasteiger partial charge is 0.494 e. The molecule has 2 aromatic carbocycles. The van der Waals surface area contributed by atoms with Gasteiger partial charge >= 0.3 is 0 Å². The lowest BCUT2D eigenvalue weighted by Gasteiger charge is -2.38. The smallest absolute Gasteiger partial charge is 0.251 e. The van der Waals surface area contributed by atoms with Crippen LogP contribution in [0.2, 0.25) is 5.02 Å². The molecule has 2 bridgehead atoms. The van der Waals surface area contributed by atoms with Gasteiger partial charge in [-0.15, -0.1) is 24.9 Å². The zero-order chi connectivity index (χ0) is 30.9. The molecule has 3 heterocycles. The van der Waals surface area contributed by atoms with Crippen molar-refractivity contribution in [2.75, 3.05) is 42.6 Å². The maximum absolute atomic E-state index is 14.5. The van der Waals surface area contributed by atoms with Crippen LogP contribution < -0.4 is 14.5 Å². The lowest BCUT2D eigenvalue weighted by molar-refractivity contribution is -0.139. The molecule has 2 aromatic rings. The number of carbonyl (C=O) groups excluding carboxylic acids is 3. The van der Waals surface area contributed by atoms with Gasteiger partial charge in [0.05, 0.1) is 29.8 Å². The fourth-order valence-electron chi connectivity index (χ4n) is 6.78. The van der Waals surface area contributed by atoms with Crippen LogP contribution in [0.1, 0.15) is 13.3 Å². The van der Waals surface area contributed by atoms with Crippen molar-refractivity contribution in [2.45, 2.75) is 34.2 Å². The van der Waals surface area contributed by atoms with Crippen LogP contribution in [0.15, 0.2) is 73.8 Å². The minimum absolute atomic E-state index is 0.00953. The number of likely N-dealkylation sites (tertiary alicyclic amines) is 1. The number of amides is 3. The summed E-state index contributed by atoms with van der Waals surface area (Å²) in [5.74, 6) is -1.45. The van der Waals surface area contributed by atoms with Crippen molar-refractivity contribution in [2.24, 2.45) is 11.8 Å². The van der Waals surface area contributed by atoms with Crippen LogP contribution in [0.4, 0.5) is 11.4 Å². The summed E-state index contributed by atoms with van der Waals surface area (Å²) in [5, 5.41) is 10.3. The van der Waals surface area contributed by atoms with E-state index in [1.54, 1.807) is 58.0 Å². The molecule has 11 heteroatoms. The second-order valence-electron chi connectivity index (χ2n) is 10.8. The average molecular weight is 689 g/mol. The van der Waals surface area contributed by atoms with Crippen molar-refractivity contribution in [3.8, 4) is 5.75 Å². The summed E-state index contributed by atoms with van der Waals surface area (Å²) in [6, 6.07) is 13.3. The Morgan fingerprint density at radius 3 is 2.23 bits per heavy atom. The normalized spacial score (nSPS) is 27.1. The fraction of sp³-hybridized carbons (Fsp3) is 0.406. The number of hydrogen-bond acceptors (Lipinski definition) is 6. The first-order valence-corrected chi connectivity index (χ1v) is 16.5. The number of benzene rings is 2. The zero-order valence-electron chi connectivity index (χ0n) is 23.9. The number of halogens is 2. The highest BCUT2D eigenvalue weighted by atomic mass is 79.9. The third-order valence-electron chi connectivity index (χ3n) is 8.40. The van der Waals surface area contributed by atoms with Crippen molar-refractivity contribution in [3.63, 3.8) is 0 Å². The summed E-state index contributed by atoms with van der Waals surface area (Å²) in [5.41, 5.74) is 1.30. The van der Waals surface area contributed by atoms with Gasteiger partial charge in [-0.1, -0.05) is 39.7 Å². The minimum atomic E-state index is -0.876. The van der Waals surface area contributed by atoms with Crippen LogP contribution in [0.3, 0.4) is 0 Å². The summed E-state index contributed by atoms with van der Waals surface area (Å²) < 4.78 is 4.72. The number of β-amino-alcohol motifs (C(OH)–C–C–N with tert-alkyl or cyclic N) is 1. The summed E-state index contributed by atoms with van der Waals surface area (Å²) in [6.07, 6.45) is 3.84. The van der Waals surface area contributed by atoms with Crippen LogP contribution in [0.5, 0.6) is 5.75 Å². The summed E-state index contributed by atoms with van der Waals surface area (Å²) >= 11 is 11.5. The van der Waals surface area contributed by atoms with Gasteiger partial charge in [-0.25, -0.2) is 0 Å². The number of hydrogen-bond donors (Lipinski definition) is 1. The summed E-state index contributed by atoms with van der Waals surface area (Å²) in [6.45, 7) is 10.3. The first-order chi connectivity index (χ1) is 20.7. The minimum Gasteiger partial charge on any atom is -0.494 e. The summed E-state index contributed by atoms with van der Waals surface area (Å²) in [4.78, 5) is 47.9. The molecular formula is C32H35BrClN3O5S. The lowest BCUT2D eigenvalue weighted by atomic mass is 9.70. The van der Waals surface area contributed by atoms with Crippen molar-refractivity contribution in [3.05, 3.63) is 78.9 Å². The third kappa shape index (κ3) is 5.52. The van der Waals surface area contributed by atoms with Crippen LogP contribution >= 0.6 is 39.3 Å². The van der Waals surface area contributed by atoms with Gasteiger partial charge in [0.1, 0.15) is 11.8 Å². The van der Waals surface area contributed by atoms with Gasteiger partial charge in [-0.2, -0.15) is 0 Å². The van der Waals surface area contributed by atoms with Gasteiger partial charge in [-0.05, 0) is 61.9 Å². The second-order valence-corrected chi connectivity index (χ2v) is 13.9. The van der Waals surface area contributed by atoms with Crippen molar-refractivity contribution >= 4 is 68.4 Å². The molecule has 1 spiro atoms. The monoisotopic (exact) mass is 687 g/mol. The number of aliphatic hydroxyl groups is 1. The van der Waals surface area contributed by atoms with E-state index in [4.69, 9.17) is 16.3 Å². The van der Waals surface area contributed by atoms with E-state index in [2.05, 4.69) is 29.1 Å². The predicted molar refractivity (Wildman–Crippen MR) is 175 cm³/mol. The highest BCUT2D eigenvalue weighted by Crippen LogP contribution is 2.68. The molecule has 5 rings (SSSR count). The Morgan fingerprint density at radius 2 is 1.67 bits per heavy atom. The topological polar surface area (TPSA) is 90.4 Å². The van der Waals surface area contributed by atoms with Gasteiger partial charge in [0, 0.05) is 46.1 Å². The number of alkyl halides is 1. The molecule has 0 saturated carbocycles. The van der Waals surface area contributed by atoms with E-state index in [0.717, 1.165) is 0 Å². The number of thioether (sulfide) groups is 1. The van der Waals surface area contributed by atoms with E-state index >= 15 is 0 Å². The number of fused-ring (bicyclic) bond motifs is 1. The molecule has 8 nitrogen and oxygen atoms in total. The number of carbonyl (C=O) groups is 3. The van der Waals surface area contributed by atoms with Gasteiger partial charge in [0.25, 0.3) is 5.91 Å². The molecule has 3 aliphatic rings. The number of ether oxygens (including phenoxy) is 1. The van der Waals surface area contributed by atoms with Crippen LogP contribution in [0.25, 0.3) is 0 Å². The maximum Gasteiger partial charge on any atom is 0.251 e. The van der Waals surface area contributed by atoms with E-state index < -0.39 is 22.6 Å². The maximum atomic E-state index is 14.5. The Labute approximate surface area is 269 Å². The van der Waals surface area contributed by atoms with Crippen LogP contribution in [0, 0.1) is 11.8 Å². The van der Waals surface area contributed by atoms with Gasteiger partial charge in [0.15, 0.2) is 0 Å². The third-order valence-corrected chi connectivity index (χ3v) is 11.9. The van der Waals surface area contributed by atoms with E-state index in [1.165, 1.54) is 4.90 Å². The molecule has 3 aliphatic heterocycles. The fourth-order valence-corrected chi connectivity index (χ4v) is 10.5. The lowest BCUT2D eigenvalue weighted by Crippen LogP contribution is -2.56. The summed E-state index contributed by atoms with van der Waals surface area (Å²) in [7, 11) is 0. The van der Waals surface area contributed by atoms with Gasteiger partial charge in [0.2, 0.25) is 11.8 Å². The van der Waals surface area contributed by atoms with Crippen molar-refractivity contribution in [1.82, 2.24) is 4.90 Å². The number of rotatable bonds is 12. The molecule has 0 aromatic heterocycles. The Balaban J connectivity index is 1.54. The Bertz CT molecular complexity index is 1390. The molecular weight excluding hydrogens is 654 g/mol. The molecule has 43 heavy (non-hydrogen) atoms. The molecule has 0 aliphatic carbocycles. The standard InChI is InChI=1S/C32H35BrClN3O5S/c1-4-15-35(22-11-13-23(14-12-22)42-6-3)29(39)25-26-30(40)37(17-18-38)28(32(26)19-24(33)27(25)43-32)31(41)36(16-5-2)21-9-7-20(34)8-10-21/h4-5,7-14,24-28,38H,1-2,6,15-19H2,3H3/t24?,25-,26-,27-,28?,32?/m0/s1. The van der Waals surface area contributed by atoms with E-state index in [-0.39, 0.29) is 54.0 Å². The average Bonchev–Trinajstić information content (AvgIpc) is 3.59. The first kappa shape index (κ1) is 31.6. The molecule has 6 atom stereocenters. The highest BCUT2D eigenvalue weighted by Gasteiger charge is 2.76. The van der Waals surface area contributed by atoms with Crippen LogP contribution in [-0.2, 0) is 14.4 Å². The molecule has 3 fully saturated rings. The molecule has 3 saturated heterocycles. The van der Waals surface area contributed by atoms with Crippen LogP contribution in [-0.4, -0.2) is 81.4 Å². The molecule has 0 radical (unpaired) electrons. The molecule has 3 amide bonds. The molecule has 1 N–H and O–H groups in total. The Morgan fingerprint density at radius 1 is 1.09 bits per heavy atom. The zero-order valence-corrected chi connectivity index (χ0v) is 27.1. The molecule has 228 valence electrons. The number of anilines is 2. The van der Waals surface area contributed by atoms with E-state index in [9.17, 15) is 19.5 Å². The predicted octanol–water partition coefficient (Wildman–Crippen LogP) is 4.93. The quantitative estimate of drug-likeness (QED) is 0.251. The van der Waals surface area contributed by atoms with Gasteiger partial charge < -0.3 is 24.5 Å². The van der Waals surface area contributed by atoms with E-state index in [0.29, 0.717) is 35.2 Å². The first-order valence-electron chi connectivity index (χ1n) is 14.3. The number of aliphatic hydroxyl groups excluding tert-OH is 1. The van der Waals surface area contributed by atoms with Gasteiger partial charge in [-0.3, -0.25) is 14.4 Å². The van der Waals surface area contributed by atoms with Crippen molar-refractivity contribution in [1.29, 1.82) is 0 Å². The Hall–Kier alpha value is -2.79. The Kier molecular flexibility index (Phi) is 9.61. The SMILES string of the molecule is C=CCN(C(=O)C1N(CCO)C(=O)[C@@H]2[C@H](C(=O)N(CC=C)c3ccc(OCC)cc3)[C@H]3SC12CC3Br)c1ccc(Cl)cc1. The highest BCUT2D eigenvalue weighted by molar-refractivity contribution is 9.09. The van der Waals surface area contributed by atoms with E-state index in [1.807, 2.05) is 31.2 Å². The molecule has 3 unspecified atom stereocenters. The number of nitrogens with zero attached hydrogens (tertiary/aromatic N) is 3. The van der Waals surface area contributed by atoms with Crippen molar-refractivity contribution < 1.29 is 24.2 Å². The second kappa shape index (κ2) is 13.1.